The predicted octanol–water partition coefficient (Wildman–Crippen LogP) is 5.27. The molecule has 1 unspecified atom stereocenters. The van der Waals surface area contributed by atoms with Crippen LogP contribution in [0.15, 0.2) is 65.1 Å². The Labute approximate surface area is 187 Å². The third-order valence-electron chi connectivity index (χ3n) is 5.18. The van der Waals surface area contributed by atoms with Crippen LogP contribution < -0.4 is 10.4 Å². The Hall–Kier alpha value is -1.40. The van der Waals surface area contributed by atoms with Gasteiger partial charge in [-0.2, -0.15) is 0 Å². The lowest BCUT2D eigenvalue weighted by Gasteiger charge is -2.43. The molecular weight excluding hydrogens is 406 g/mol. The molecule has 0 aromatic heterocycles. The molecule has 2 aromatic rings. The van der Waals surface area contributed by atoms with Crippen molar-refractivity contribution in [3.63, 3.8) is 0 Å². The summed E-state index contributed by atoms with van der Waals surface area (Å²) in [6.45, 7) is 15.3. The molecule has 0 saturated heterocycles. The summed E-state index contributed by atoms with van der Waals surface area (Å²) in [5.74, 6) is 0. The van der Waals surface area contributed by atoms with Crippen LogP contribution in [0.25, 0.3) is 0 Å². The van der Waals surface area contributed by atoms with Crippen LogP contribution in [0.2, 0.25) is 5.04 Å². The van der Waals surface area contributed by atoms with E-state index in [1.165, 1.54) is 10.4 Å². The maximum absolute atomic E-state index is 12.3. The highest BCUT2D eigenvalue weighted by atomic mass is 32.2. The molecule has 0 aliphatic heterocycles. The summed E-state index contributed by atoms with van der Waals surface area (Å²) in [6.07, 6.45) is 1.65. The number of nitrogens with zero attached hydrogens (tertiary/aromatic N) is 1. The summed E-state index contributed by atoms with van der Waals surface area (Å²) < 4.78 is 23.2. The van der Waals surface area contributed by atoms with E-state index < -0.39 is 19.7 Å². The molecule has 0 radical (unpaired) electrons. The van der Waals surface area contributed by atoms with Gasteiger partial charge >= 0.3 is 0 Å². The minimum atomic E-state index is -2.48. The van der Waals surface area contributed by atoms with Gasteiger partial charge in [-0.1, -0.05) is 85.8 Å². The first-order valence-electron chi connectivity index (χ1n) is 10.7. The predicted molar refractivity (Wildman–Crippen MR) is 134 cm³/mol. The lowest BCUT2D eigenvalue weighted by atomic mass is 10.2. The smallest absolute Gasteiger partial charge is 0.261 e. The van der Waals surface area contributed by atoms with E-state index in [9.17, 15) is 4.55 Å². The van der Waals surface area contributed by atoms with E-state index in [1.54, 1.807) is 0 Å². The van der Waals surface area contributed by atoms with Gasteiger partial charge in [-0.05, 0) is 55.9 Å². The van der Waals surface area contributed by atoms with E-state index in [-0.39, 0.29) is 9.79 Å². The molecule has 164 valence electrons. The fourth-order valence-corrected chi connectivity index (χ4v) is 8.89. The maximum atomic E-state index is 12.3. The molecule has 1 atom stereocenters. The molecule has 0 N–H and O–H groups in total. The molecule has 0 saturated carbocycles. The van der Waals surface area contributed by atoms with Crippen LogP contribution >= 0.6 is 0 Å². The quantitative estimate of drug-likeness (QED) is 0.241. The Morgan fingerprint density at radius 2 is 1.37 bits per heavy atom. The summed E-state index contributed by atoms with van der Waals surface area (Å²) in [6, 6.07) is 21.4. The van der Waals surface area contributed by atoms with Crippen molar-refractivity contribution >= 4 is 35.8 Å². The molecule has 0 bridgehead atoms. The van der Waals surface area contributed by atoms with Crippen LogP contribution in [0.1, 0.15) is 61.3 Å². The topological polar surface area (TPSA) is 44.6 Å². The number of hydrogen-bond donors (Lipinski definition) is 0. The molecule has 0 aliphatic carbocycles. The van der Waals surface area contributed by atoms with Crippen LogP contribution in [0.5, 0.6) is 0 Å². The average molecular weight is 444 g/mol. The van der Waals surface area contributed by atoms with E-state index in [0.29, 0.717) is 6.61 Å². The summed E-state index contributed by atoms with van der Waals surface area (Å²) in [4.78, 5) is 0. The fraction of sp³-hybridized carbons (Fsp3) is 0.480. The Bertz CT molecular complexity index is 771. The van der Waals surface area contributed by atoms with Gasteiger partial charge in [0.15, 0.2) is 0 Å². The lowest BCUT2D eigenvalue weighted by molar-refractivity contribution is 0.294. The SMILES string of the molecule is C/C(CCCO[Si](c1ccccc1)(c1ccccc1)C(C)(C)C)=N\[S+]([O-])C(C)(C)C. The van der Waals surface area contributed by atoms with Gasteiger partial charge in [-0.25, -0.2) is 0 Å². The van der Waals surface area contributed by atoms with Crippen molar-refractivity contribution in [3.05, 3.63) is 60.7 Å². The minimum absolute atomic E-state index is 0.0213. The molecule has 0 amide bonds. The van der Waals surface area contributed by atoms with E-state index in [1.807, 2.05) is 27.7 Å². The summed E-state index contributed by atoms with van der Waals surface area (Å²) in [7, 11) is -2.48. The summed E-state index contributed by atoms with van der Waals surface area (Å²) in [5, 5.41) is 2.57. The minimum Gasteiger partial charge on any atom is -0.591 e. The van der Waals surface area contributed by atoms with Crippen molar-refractivity contribution in [1.82, 2.24) is 0 Å². The van der Waals surface area contributed by atoms with Crippen LogP contribution in [0.4, 0.5) is 0 Å². The second kappa shape index (κ2) is 10.3. The number of benzene rings is 2. The standard InChI is InChI=1S/C25H37NO2SSi/c1-21(26-29(27)24(2,3)4)15-14-20-28-30(25(5,6)7,22-16-10-8-11-17-22)23-18-12-9-13-19-23/h8-13,16-19H,14-15,20H2,1-7H3/b26-21+. The zero-order valence-electron chi connectivity index (χ0n) is 19.6. The molecule has 0 spiro atoms. The van der Waals surface area contributed by atoms with E-state index in [4.69, 9.17) is 4.43 Å². The average Bonchev–Trinajstić information content (AvgIpc) is 2.67. The Kier molecular flexibility index (Phi) is 8.51. The highest BCUT2D eigenvalue weighted by Gasteiger charge is 2.49. The first kappa shape index (κ1) is 24.9. The highest BCUT2D eigenvalue weighted by molar-refractivity contribution is 7.91. The Morgan fingerprint density at radius 1 is 0.900 bits per heavy atom. The zero-order chi connectivity index (χ0) is 22.4. The lowest BCUT2D eigenvalue weighted by Crippen LogP contribution is -2.66. The molecule has 3 nitrogen and oxygen atoms in total. The van der Waals surface area contributed by atoms with Crippen LogP contribution in [-0.2, 0) is 15.8 Å². The Balaban J connectivity index is 2.24. The second-order valence-corrected chi connectivity index (χ2v) is 16.0. The van der Waals surface area contributed by atoms with Gasteiger partial charge in [-0.3, -0.25) is 0 Å². The van der Waals surface area contributed by atoms with Gasteiger partial charge in [0.2, 0.25) is 0 Å². The molecule has 5 heteroatoms. The second-order valence-electron chi connectivity index (χ2n) is 9.80. The van der Waals surface area contributed by atoms with E-state index in [2.05, 4.69) is 85.8 Å². The van der Waals surface area contributed by atoms with Gasteiger partial charge in [-0.15, -0.1) is 0 Å². The van der Waals surface area contributed by atoms with E-state index in [0.717, 1.165) is 18.6 Å². The van der Waals surface area contributed by atoms with Gasteiger partial charge in [0.05, 0.1) is 5.71 Å². The van der Waals surface area contributed by atoms with Crippen LogP contribution in [0, 0.1) is 0 Å². The van der Waals surface area contributed by atoms with Gasteiger partial charge in [0, 0.05) is 6.61 Å². The largest absolute Gasteiger partial charge is 0.591 e. The first-order valence-corrected chi connectivity index (χ1v) is 13.7. The van der Waals surface area contributed by atoms with Crippen molar-refractivity contribution < 1.29 is 8.98 Å². The monoisotopic (exact) mass is 443 g/mol. The summed E-state index contributed by atoms with van der Waals surface area (Å²) >= 11 is -1.21. The van der Waals surface area contributed by atoms with Gasteiger partial charge in [0.1, 0.15) is 16.1 Å². The van der Waals surface area contributed by atoms with Crippen LogP contribution in [-0.4, -0.2) is 29.9 Å². The first-order chi connectivity index (χ1) is 14.0. The molecule has 0 aliphatic rings. The van der Waals surface area contributed by atoms with Crippen molar-refractivity contribution in [2.75, 3.05) is 6.61 Å². The van der Waals surface area contributed by atoms with Crippen LogP contribution in [0.3, 0.4) is 0 Å². The normalized spacial score (nSPS) is 14.6. The highest BCUT2D eigenvalue weighted by Crippen LogP contribution is 2.36. The third-order valence-corrected chi connectivity index (χ3v) is 11.7. The summed E-state index contributed by atoms with van der Waals surface area (Å²) in [5.41, 5.74) is 0.925. The van der Waals surface area contributed by atoms with Crippen molar-refractivity contribution in [3.8, 4) is 0 Å². The maximum Gasteiger partial charge on any atom is 0.261 e. The van der Waals surface area contributed by atoms with Crippen molar-refractivity contribution in [1.29, 1.82) is 0 Å². The molecule has 0 fully saturated rings. The van der Waals surface area contributed by atoms with E-state index >= 15 is 0 Å². The molecule has 0 heterocycles. The van der Waals surface area contributed by atoms with Gasteiger partial charge < -0.3 is 8.98 Å². The number of rotatable bonds is 8. The third kappa shape index (κ3) is 6.07. The molecular formula is C25H37NO2SSi. The molecule has 2 rings (SSSR count). The molecule has 2 aromatic carbocycles. The zero-order valence-corrected chi connectivity index (χ0v) is 21.4. The fourth-order valence-electron chi connectivity index (χ4n) is 3.64. The van der Waals surface area contributed by atoms with Crippen molar-refractivity contribution in [2.45, 2.75) is 71.1 Å². The van der Waals surface area contributed by atoms with Crippen molar-refractivity contribution in [2.24, 2.45) is 4.40 Å². The Morgan fingerprint density at radius 3 is 1.77 bits per heavy atom. The number of hydrogen-bond acceptors (Lipinski definition) is 3. The molecule has 30 heavy (non-hydrogen) atoms. The van der Waals surface area contributed by atoms with Gasteiger partial charge in [0.25, 0.3) is 8.32 Å².